The first-order valence-electron chi connectivity index (χ1n) is 24.3. The molecule has 1 spiro atoms. The lowest BCUT2D eigenvalue weighted by molar-refractivity contribution is -0.396. The molecular formula is C48H78O16. The number of aliphatic hydroxyl groups is 9. The van der Waals surface area contributed by atoms with Crippen molar-refractivity contribution in [2.24, 2.45) is 56.7 Å². The Bertz CT molecular complexity index is 1750. The summed E-state index contributed by atoms with van der Waals surface area (Å²) in [4.78, 5) is 0. The van der Waals surface area contributed by atoms with Gasteiger partial charge in [0.1, 0.15) is 61.0 Å². The molecule has 366 valence electrons. The van der Waals surface area contributed by atoms with Crippen molar-refractivity contribution in [3.05, 3.63) is 12.2 Å². The quantitative estimate of drug-likeness (QED) is 0.130. The first kappa shape index (κ1) is 48.1. The molecule has 0 radical (unpaired) electrons. The Morgan fingerprint density at radius 2 is 1.25 bits per heavy atom. The molecule has 4 heterocycles. The number of rotatable bonds is 7. The van der Waals surface area contributed by atoms with E-state index < -0.39 is 122 Å². The van der Waals surface area contributed by atoms with Crippen LogP contribution in [0.5, 0.6) is 0 Å². The minimum absolute atomic E-state index is 0.142. The minimum Gasteiger partial charge on any atom is -0.394 e. The molecule has 0 aromatic heterocycles. The second-order valence-corrected chi connectivity index (χ2v) is 23.3. The fraction of sp³-hybridized carbons (Fsp3) is 0.958. The van der Waals surface area contributed by atoms with E-state index >= 15 is 0 Å². The van der Waals surface area contributed by atoms with E-state index in [2.05, 4.69) is 60.6 Å². The van der Waals surface area contributed by atoms with Gasteiger partial charge in [-0.05, 0) is 98.7 Å². The Morgan fingerprint density at radius 1 is 0.641 bits per heavy atom. The molecule has 16 nitrogen and oxygen atoms in total. The zero-order chi connectivity index (χ0) is 46.4. The second-order valence-electron chi connectivity index (χ2n) is 23.3. The minimum atomic E-state index is -1.79. The SMILES string of the molecule is C[C@H]1[C@H](C)CC[C@]23CO[C@@]4(C=C[C@@H]5[C@@]6(C)CC[C@H](O[C@@H]7O[C@H](C)[C@H](O)[C@H](O)[C@H]7O[C@@H]7O[C@H](CO)[C@@H](O)[C@H](O)[C@H]7O[C@@H]7O[C@@H](C)[C@H](O)[C@@H](O)[C@H]7O)C(C)(C)[C@@H]6CC[C@@]5(C)[C@]4(C)C[C@H]2O)[C@H]13. The van der Waals surface area contributed by atoms with Gasteiger partial charge in [-0.2, -0.15) is 0 Å². The van der Waals surface area contributed by atoms with Crippen LogP contribution in [0.25, 0.3) is 0 Å². The van der Waals surface area contributed by atoms with Crippen molar-refractivity contribution in [3.63, 3.8) is 0 Å². The molecular weight excluding hydrogens is 833 g/mol. The predicted octanol–water partition coefficient (Wildman–Crippen LogP) is 1.51. The zero-order valence-corrected chi connectivity index (χ0v) is 39.1. The van der Waals surface area contributed by atoms with Gasteiger partial charge < -0.3 is 79.1 Å². The molecule has 9 rings (SSSR count). The fourth-order valence-electron chi connectivity index (χ4n) is 16.0. The molecule has 4 aliphatic heterocycles. The second kappa shape index (κ2) is 16.3. The number of fused-ring (bicyclic) bond motifs is 4. The molecule has 0 unspecified atom stereocenters. The van der Waals surface area contributed by atoms with E-state index in [1.807, 2.05) is 0 Å². The first-order valence-corrected chi connectivity index (χ1v) is 24.3. The number of aliphatic hydroxyl groups excluding tert-OH is 9. The Labute approximate surface area is 377 Å². The summed E-state index contributed by atoms with van der Waals surface area (Å²) in [5.41, 5.74) is -1.68. The maximum Gasteiger partial charge on any atom is 0.187 e. The summed E-state index contributed by atoms with van der Waals surface area (Å²) < 4.78 is 44.3. The van der Waals surface area contributed by atoms with Crippen molar-refractivity contribution in [1.82, 2.24) is 0 Å². The monoisotopic (exact) mass is 911 g/mol. The fourth-order valence-corrected chi connectivity index (χ4v) is 16.0. The van der Waals surface area contributed by atoms with Gasteiger partial charge >= 0.3 is 0 Å². The van der Waals surface area contributed by atoms with Gasteiger partial charge in [-0.3, -0.25) is 0 Å². The van der Waals surface area contributed by atoms with E-state index in [-0.39, 0.29) is 39.4 Å². The number of hydrogen-bond donors (Lipinski definition) is 9. The van der Waals surface area contributed by atoms with Gasteiger partial charge in [0.15, 0.2) is 18.9 Å². The smallest absolute Gasteiger partial charge is 0.187 e. The third-order valence-corrected chi connectivity index (χ3v) is 20.2. The average Bonchev–Trinajstić information content (AvgIpc) is 3.55. The summed E-state index contributed by atoms with van der Waals surface area (Å²) in [6, 6.07) is 0. The molecule has 0 amide bonds. The van der Waals surface area contributed by atoms with Gasteiger partial charge in [-0.25, -0.2) is 0 Å². The van der Waals surface area contributed by atoms with Gasteiger partial charge in [0.05, 0.1) is 43.2 Å². The molecule has 27 atom stereocenters. The van der Waals surface area contributed by atoms with Crippen LogP contribution in [0.1, 0.15) is 107 Å². The molecule has 5 aliphatic carbocycles. The van der Waals surface area contributed by atoms with Crippen molar-refractivity contribution >= 4 is 0 Å². The molecule has 2 bridgehead atoms. The number of allylic oxidation sites excluding steroid dienone is 1. The van der Waals surface area contributed by atoms with Gasteiger partial charge in [0.25, 0.3) is 0 Å². The van der Waals surface area contributed by atoms with Crippen LogP contribution in [0.15, 0.2) is 12.2 Å². The number of hydrogen-bond acceptors (Lipinski definition) is 16. The molecule has 0 aromatic rings. The van der Waals surface area contributed by atoms with E-state index in [0.717, 1.165) is 32.1 Å². The number of ether oxygens (including phenoxy) is 7. The first-order chi connectivity index (χ1) is 29.9. The van der Waals surface area contributed by atoms with Crippen LogP contribution < -0.4 is 0 Å². The largest absolute Gasteiger partial charge is 0.394 e. The third kappa shape index (κ3) is 6.58. The molecule has 8 fully saturated rings. The lowest BCUT2D eigenvalue weighted by Crippen LogP contribution is -2.73. The topological polar surface area (TPSA) is 247 Å². The normalized spacial score (nSPS) is 60.2. The van der Waals surface area contributed by atoms with Crippen molar-refractivity contribution in [3.8, 4) is 0 Å². The van der Waals surface area contributed by atoms with Gasteiger partial charge in [0, 0.05) is 16.7 Å². The molecule has 4 saturated carbocycles. The van der Waals surface area contributed by atoms with E-state index in [9.17, 15) is 46.0 Å². The molecule has 4 saturated heterocycles. The maximum absolute atomic E-state index is 12.3. The van der Waals surface area contributed by atoms with E-state index in [0.29, 0.717) is 31.3 Å². The highest BCUT2D eigenvalue weighted by Crippen LogP contribution is 2.79. The van der Waals surface area contributed by atoms with Crippen molar-refractivity contribution in [1.29, 1.82) is 0 Å². The summed E-state index contributed by atoms with van der Waals surface area (Å²) >= 11 is 0. The van der Waals surface area contributed by atoms with E-state index in [1.165, 1.54) is 6.92 Å². The predicted molar refractivity (Wildman–Crippen MR) is 227 cm³/mol. The summed E-state index contributed by atoms with van der Waals surface area (Å²) in [6.07, 6.45) is -11.9. The van der Waals surface area contributed by atoms with Gasteiger partial charge in [-0.1, -0.05) is 60.6 Å². The van der Waals surface area contributed by atoms with Gasteiger partial charge in [0.2, 0.25) is 0 Å². The zero-order valence-electron chi connectivity index (χ0n) is 39.1. The highest BCUT2D eigenvalue weighted by atomic mass is 16.8. The lowest BCUT2D eigenvalue weighted by Gasteiger charge is -2.73. The summed E-state index contributed by atoms with van der Waals surface area (Å²) in [5, 5.41) is 98.9. The van der Waals surface area contributed by atoms with Crippen LogP contribution in [0, 0.1) is 56.7 Å². The van der Waals surface area contributed by atoms with Crippen LogP contribution in [0.2, 0.25) is 0 Å². The van der Waals surface area contributed by atoms with Crippen LogP contribution in [-0.4, -0.2) is 169 Å². The standard InChI is InChI=1S/C48H78O16/c1-21-10-16-47-20-58-48(39(47)22(21)2)17-12-27-44(7)14-13-29(43(5,6)26(44)11-15-45(27,8)46(48,9)18-28(47)50)62-41-37(34(55)31(52)24(4)60-41)64-42-38(35(56)32(53)25(19-49)61-42)63-40-36(57)33(54)30(51)23(3)59-40/h12,17,21-42,49-57H,10-11,13-16,18-20H2,1-9H3/t21-,22+,23+,24-,25-,26+,27-,28-,29+,30+,31+,32-,33-,34+,35+,36-,37-,38-,39-,40+,41+,42+,44+,45-,46+,47+,48+/m1/s1. The van der Waals surface area contributed by atoms with Gasteiger partial charge in [-0.15, -0.1) is 0 Å². The van der Waals surface area contributed by atoms with Crippen LogP contribution in [0.3, 0.4) is 0 Å². The summed E-state index contributed by atoms with van der Waals surface area (Å²) in [6.45, 7) is 19.5. The van der Waals surface area contributed by atoms with E-state index in [1.54, 1.807) is 6.92 Å². The summed E-state index contributed by atoms with van der Waals surface area (Å²) in [5.74, 6) is 1.63. The van der Waals surface area contributed by atoms with Crippen molar-refractivity contribution in [2.45, 2.75) is 217 Å². The molecule has 9 aliphatic rings. The van der Waals surface area contributed by atoms with Crippen molar-refractivity contribution < 1.29 is 79.1 Å². The highest BCUT2D eigenvalue weighted by Gasteiger charge is 2.79. The van der Waals surface area contributed by atoms with Crippen LogP contribution in [0.4, 0.5) is 0 Å². The Hall–Kier alpha value is -0.900. The molecule has 64 heavy (non-hydrogen) atoms. The highest BCUT2D eigenvalue weighted by molar-refractivity contribution is 5.36. The average molecular weight is 911 g/mol. The Morgan fingerprint density at radius 3 is 1.92 bits per heavy atom. The Balaban J connectivity index is 0.979. The van der Waals surface area contributed by atoms with Crippen LogP contribution in [-0.2, 0) is 33.2 Å². The maximum atomic E-state index is 12.3. The molecule has 0 aromatic carbocycles. The third-order valence-electron chi connectivity index (χ3n) is 20.2. The lowest BCUT2D eigenvalue weighted by atomic mass is 9.31. The Kier molecular flexibility index (Phi) is 12.3. The van der Waals surface area contributed by atoms with E-state index in [4.69, 9.17) is 33.2 Å². The molecule has 16 heteroatoms. The summed E-state index contributed by atoms with van der Waals surface area (Å²) in [7, 11) is 0. The van der Waals surface area contributed by atoms with Crippen LogP contribution >= 0.6 is 0 Å². The molecule has 9 N–H and O–H groups in total. The van der Waals surface area contributed by atoms with Crippen molar-refractivity contribution in [2.75, 3.05) is 13.2 Å².